The monoisotopic (exact) mass is 459 g/mol. The van der Waals surface area contributed by atoms with Crippen LogP contribution in [0.25, 0.3) is 0 Å². The summed E-state index contributed by atoms with van der Waals surface area (Å²) >= 11 is 0. The van der Waals surface area contributed by atoms with Crippen molar-refractivity contribution in [2.75, 3.05) is 45.2 Å². The first-order valence-corrected chi connectivity index (χ1v) is 8.66. The van der Waals surface area contributed by atoms with Crippen molar-refractivity contribution >= 4 is 41.5 Å². The second kappa shape index (κ2) is 11.2. The van der Waals surface area contributed by atoms with Crippen LogP contribution in [0, 0.1) is 0 Å². The van der Waals surface area contributed by atoms with Gasteiger partial charge in [0.1, 0.15) is 0 Å². The van der Waals surface area contributed by atoms with Gasteiger partial charge in [-0.3, -0.25) is 4.79 Å². The topological polar surface area (TPSA) is 60.0 Å². The first kappa shape index (κ1) is 21.5. The third kappa shape index (κ3) is 7.09. The molecule has 2 rings (SSSR count). The number of hydrogen-bond acceptors (Lipinski definition) is 3. The largest absolute Gasteiger partial charge is 0.378 e. The highest BCUT2D eigenvalue weighted by Crippen LogP contribution is 2.14. The molecule has 0 aliphatic carbocycles. The molecule has 1 aliphatic rings. The molecule has 1 saturated heterocycles. The van der Waals surface area contributed by atoms with Crippen LogP contribution in [-0.4, -0.2) is 57.0 Å². The Morgan fingerprint density at radius 3 is 2.60 bits per heavy atom. The third-order valence-electron chi connectivity index (χ3n) is 4.06. The number of carbonyl (C=O) groups excluding carboxylic acids is 1. The lowest BCUT2D eigenvalue weighted by atomic mass is 10.2. The number of rotatable bonds is 6. The van der Waals surface area contributed by atoms with Crippen LogP contribution in [-0.2, 0) is 11.3 Å². The molecule has 1 fully saturated rings. The summed E-state index contributed by atoms with van der Waals surface area (Å²) in [7, 11) is 4.05. The Morgan fingerprint density at radius 2 is 1.96 bits per heavy atom. The van der Waals surface area contributed by atoms with Crippen molar-refractivity contribution in [1.29, 1.82) is 0 Å². The lowest BCUT2D eigenvalue weighted by Gasteiger charge is -2.17. The maximum atomic E-state index is 12.1. The fourth-order valence-corrected chi connectivity index (χ4v) is 2.68. The van der Waals surface area contributed by atoms with Crippen LogP contribution in [0.2, 0.25) is 0 Å². The number of nitrogens with zero attached hydrogens (tertiary/aromatic N) is 3. The van der Waals surface area contributed by atoms with E-state index in [4.69, 9.17) is 0 Å². The molecular weight excluding hydrogens is 429 g/mol. The SMILES string of the molecule is CCNC(=NCc1cccc(N(C)C)c1)NCC(=O)N1CCCC1.I. The predicted molar refractivity (Wildman–Crippen MR) is 115 cm³/mol. The van der Waals surface area contributed by atoms with E-state index < -0.39 is 0 Å². The normalized spacial score (nSPS) is 14.0. The van der Waals surface area contributed by atoms with Crippen LogP contribution < -0.4 is 15.5 Å². The van der Waals surface area contributed by atoms with Crippen LogP contribution in [0.3, 0.4) is 0 Å². The van der Waals surface area contributed by atoms with E-state index in [1.807, 2.05) is 32.0 Å². The minimum absolute atomic E-state index is 0. The summed E-state index contributed by atoms with van der Waals surface area (Å²) < 4.78 is 0. The first-order chi connectivity index (χ1) is 11.6. The van der Waals surface area contributed by atoms with Crippen LogP contribution in [0.4, 0.5) is 5.69 Å². The van der Waals surface area contributed by atoms with E-state index in [1.54, 1.807) is 0 Å². The minimum Gasteiger partial charge on any atom is -0.378 e. The molecule has 0 bridgehead atoms. The zero-order valence-corrected chi connectivity index (χ0v) is 17.7. The summed E-state index contributed by atoms with van der Waals surface area (Å²) in [5, 5.41) is 6.34. The maximum absolute atomic E-state index is 12.1. The van der Waals surface area contributed by atoms with Crippen LogP contribution in [0.15, 0.2) is 29.3 Å². The van der Waals surface area contributed by atoms with Gasteiger partial charge in [0.05, 0.1) is 13.1 Å². The second-order valence-electron chi connectivity index (χ2n) is 6.20. The van der Waals surface area contributed by atoms with E-state index in [9.17, 15) is 4.79 Å². The highest BCUT2D eigenvalue weighted by Gasteiger charge is 2.17. The summed E-state index contributed by atoms with van der Waals surface area (Å²) in [4.78, 5) is 20.7. The summed E-state index contributed by atoms with van der Waals surface area (Å²) in [5.74, 6) is 0.827. The van der Waals surface area contributed by atoms with E-state index in [2.05, 4.69) is 38.7 Å². The fourth-order valence-electron chi connectivity index (χ4n) is 2.68. The first-order valence-electron chi connectivity index (χ1n) is 8.66. The zero-order valence-electron chi connectivity index (χ0n) is 15.4. The van der Waals surface area contributed by atoms with Crippen molar-refractivity contribution in [3.05, 3.63) is 29.8 Å². The molecule has 0 saturated carbocycles. The number of halogens is 1. The van der Waals surface area contributed by atoms with Crippen molar-refractivity contribution in [1.82, 2.24) is 15.5 Å². The lowest BCUT2D eigenvalue weighted by Crippen LogP contribution is -2.44. The molecule has 1 aromatic carbocycles. The van der Waals surface area contributed by atoms with Crippen molar-refractivity contribution < 1.29 is 4.79 Å². The molecule has 0 atom stereocenters. The van der Waals surface area contributed by atoms with Gasteiger partial charge in [-0.2, -0.15) is 0 Å². The molecule has 1 aliphatic heterocycles. The molecule has 0 spiro atoms. The number of carbonyl (C=O) groups is 1. The zero-order chi connectivity index (χ0) is 17.4. The van der Waals surface area contributed by atoms with Crippen molar-refractivity contribution in [3.8, 4) is 0 Å². The van der Waals surface area contributed by atoms with Gasteiger partial charge in [0.25, 0.3) is 0 Å². The number of nitrogens with one attached hydrogen (secondary N) is 2. The number of guanidine groups is 1. The van der Waals surface area contributed by atoms with Gasteiger partial charge in [-0.1, -0.05) is 12.1 Å². The van der Waals surface area contributed by atoms with Gasteiger partial charge in [-0.05, 0) is 37.5 Å². The standard InChI is InChI=1S/C18H29N5O.HI/c1-4-19-18(21-14-17(24)23-10-5-6-11-23)20-13-15-8-7-9-16(12-15)22(2)3;/h7-9,12H,4-6,10-11,13-14H2,1-3H3,(H2,19,20,21);1H. The van der Waals surface area contributed by atoms with Crippen molar-refractivity contribution in [3.63, 3.8) is 0 Å². The minimum atomic E-state index is 0. The molecule has 0 aromatic heterocycles. The molecular formula is C18H30IN5O. The summed E-state index contributed by atoms with van der Waals surface area (Å²) in [6.07, 6.45) is 2.23. The maximum Gasteiger partial charge on any atom is 0.241 e. The highest BCUT2D eigenvalue weighted by atomic mass is 127. The molecule has 7 heteroatoms. The molecule has 1 aromatic rings. The van der Waals surface area contributed by atoms with Gasteiger partial charge in [0, 0.05) is 39.4 Å². The fraction of sp³-hybridized carbons (Fsp3) is 0.556. The summed E-state index contributed by atoms with van der Waals surface area (Å²) in [6.45, 7) is 5.42. The summed E-state index contributed by atoms with van der Waals surface area (Å²) in [6, 6.07) is 8.31. The van der Waals surface area contributed by atoms with E-state index >= 15 is 0 Å². The number of hydrogen-bond donors (Lipinski definition) is 2. The van der Waals surface area contributed by atoms with Gasteiger partial charge >= 0.3 is 0 Å². The molecule has 6 nitrogen and oxygen atoms in total. The Morgan fingerprint density at radius 1 is 1.24 bits per heavy atom. The van der Waals surface area contributed by atoms with Gasteiger partial charge in [-0.15, -0.1) is 24.0 Å². The highest BCUT2D eigenvalue weighted by molar-refractivity contribution is 14.0. The Kier molecular flexibility index (Phi) is 9.62. The Balaban J connectivity index is 0.00000312. The van der Waals surface area contributed by atoms with Crippen molar-refractivity contribution in [2.45, 2.75) is 26.3 Å². The molecule has 0 radical (unpaired) electrons. The lowest BCUT2D eigenvalue weighted by molar-refractivity contribution is -0.128. The quantitative estimate of drug-likeness (QED) is 0.389. The van der Waals surface area contributed by atoms with Gasteiger partial charge in [0.15, 0.2) is 5.96 Å². The summed E-state index contributed by atoms with van der Waals surface area (Å²) in [5.41, 5.74) is 2.30. The average Bonchev–Trinajstić information content (AvgIpc) is 3.12. The van der Waals surface area contributed by atoms with Crippen LogP contribution >= 0.6 is 24.0 Å². The predicted octanol–water partition coefficient (Wildman–Crippen LogP) is 2.05. The van der Waals surface area contributed by atoms with Gasteiger partial charge in [0.2, 0.25) is 5.91 Å². The number of likely N-dealkylation sites (tertiary alicyclic amines) is 1. The number of benzene rings is 1. The smallest absolute Gasteiger partial charge is 0.241 e. The Labute approximate surface area is 168 Å². The third-order valence-corrected chi connectivity index (χ3v) is 4.06. The Bertz CT molecular complexity index is 570. The van der Waals surface area contributed by atoms with Crippen LogP contribution in [0.5, 0.6) is 0 Å². The van der Waals surface area contributed by atoms with Gasteiger partial charge in [-0.25, -0.2) is 4.99 Å². The number of aliphatic imine (C=N–C) groups is 1. The molecule has 25 heavy (non-hydrogen) atoms. The van der Waals surface area contributed by atoms with Gasteiger partial charge < -0.3 is 20.4 Å². The molecule has 140 valence electrons. The van der Waals surface area contributed by atoms with E-state index in [1.165, 1.54) is 0 Å². The molecule has 1 amide bonds. The van der Waals surface area contributed by atoms with E-state index in [0.717, 1.165) is 43.7 Å². The van der Waals surface area contributed by atoms with Crippen LogP contribution in [0.1, 0.15) is 25.3 Å². The average molecular weight is 459 g/mol. The molecule has 1 heterocycles. The second-order valence-corrected chi connectivity index (χ2v) is 6.20. The van der Waals surface area contributed by atoms with E-state index in [-0.39, 0.29) is 29.9 Å². The molecule has 0 unspecified atom stereocenters. The van der Waals surface area contributed by atoms with Crippen molar-refractivity contribution in [2.24, 2.45) is 4.99 Å². The van der Waals surface area contributed by atoms with E-state index in [0.29, 0.717) is 19.0 Å². The Hall–Kier alpha value is -1.51. The molecule has 2 N–H and O–H groups in total. The number of anilines is 1. The number of amides is 1.